The first-order valence-corrected chi connectivity index (χ1v) is 7.75. The molecule has 2 aromatic carbocycles. The van der Waals surface area contributed by atoms with Gasteiger partial charge in [-0.1, -0.05) is 28.1 Å². The number of rotatable bonds is 3. The molecule has 0 aromatic heterocycles. The third kappa shape index (κ3) is 4.04. The van der Waals surface area contributed by atoms with Gasteiger partial charge in [-0.2, -0.15) is 0 Å². The van der Waals surface area contributed by atoms with Crippen LogP contribution in [-0.4, -0.2) is 5.91 Å². The second kappa shape index (κ2) is 6.52. The molecule has 0 aliphatic heterocycles. The quantitative estimate of drug-likeness (QED) is 0.712. The molecule has 0 spiro atoms. The summed E-state index contributed by atoms with van der Waals surface area (Å²) in [5, 5.41) is 2.99. The van der Waals surface area contributed by atoms with Gasteiger partial charge in [-0.25, -0.2) is 0 Å². The van der Waals surface area contributed by atoms with E-state index in [2.05, 4.69) is 43.8 Å². The lowest BCUT2D eigenvalue weighted by molar-refractivity contribution is 0.0940. The fourth-order valence-electron chi connectivity index (χ4n) is 1.72. The lowest BCUT2D eigenvalue weighted by Crippen LogP contribution is -2.26. The summed E-state index contributed by atoms with van der Waals surface area (Å²) in [6, 6.07) is 15.5. The number of amides is 1. The normalized spacial score (nSPS) is 11.9. The van der Waals surface area contributed by atoms with Gasteiger partial charge in [-0.3, -0.25) is 4.79 Å². The first-order valence-electron chi connectivity index (χ1n) is 5.88. The van der Waals surface area contributed by atoms with Gasteiger partial charge < -0.3 is 5.32 Å². The van der Waals surface area contributed by atoms with Crippen LogP contribution in [0.4, 0.5) is 0 Å². The Morgan fingerprint density at radius 2 is 1.68 bits per heavy atom. The largest absolute Gasteiger partial charge is 0.346 e. The Hall–Kier alpha value is -0.880. The van der Waals surface area contributed by atoms with Crippen LogP contribution in [0.5, 0.6) is 0 Å². The van der Waals surface area contributed by atoms with E-state index in [0.717, 1.165) is 13.6 Å². The van der Waals surface area contributed by atoms with E-state index in [1.165, 1.54) is 0 Å². The average molecular weight is 430 g/mol. The molecule has 98 valence electrons. The predicted octanol–water partition coefficient (Wildman–Crippen LogP) is 4.54. The minimum Gasteiger partial charge on any atom is -0.346 e. The van der Waals surface area contributed by atoms with E-state index in [1.54, 1.807) is 0 Å². The van der Waals surface area contributed by atoms with Crippen LogP contribution >= 0.6 is 38.5 Å². The van der Waals surface area contributed by atoms with E-state index in [9.17, 15) is 4.79 Å². The third-order valence-corrected chi connectivity index (χ3v) is 4.07. The molecule has 0 bridgehead atoms. The van der Waals surface area contributed by atoms with Crippen molar-refractivity contribution in [1.82, 2.24) is 5.32 Å². The maximum absolute atomic E-state index is 12.1. The minimum absolute atomic E-state index is 0.0140. The molecule has 2 aromatic rings. The van der Waals surface area contributed by atoms with Gasteiger partial charge in [0.05, 0.1) is 6.04 Å². The molecule has 0 aliphatic rings. The van der Waals surface area contributed by atoms with Crippen molar-refractivity contribution < 1.29 is 4.79 Å². The van der Waals surface area contributed by atoms with Crippen molar-refractivity contribution in [2.75, 3.05) is 0 Å². The zero-order valence-corrected chi connectivity index (χ0v) is 14.1. The van der Waals surface area contributed by atoms with Gasteiger partial charge in [0.1, 0.15) is 0 Å². The number of carbonyl (C=O) groups is 1. The van der Waals surface area contributed by atoms with Crippen LogP contribution in [0.2, 0.25) is 0 Å². The molecule has 1 amide bonds. The first kappa shape index (κ1) is 14.5. The number of halogens is 2. The second-order valence-electron chi connectivity index (χ2n) is 4.25. The fourth-order valence-corrected chi connectivity index (χ4v) is 2.34. The number of benzene rings is 2. The summed E-state index contributed by atoms with van der Waals surface area (Å²) < 4.78 is 2.16. The molecular formula is C15H13BrINO. The number of carbonyl (C=O) groups excluding carboxylic acids is 1. The molecule has 0 saturated heterocycles. The first-order chi connectivity index (χ1) is 9.06. The van der Waals surface area contributed by atoms with Crippen LogP contribution in [0, 0.1) is 3.57 Å². The maximum atomic E-state index is 12.1. The highest BCUT2D eigenvalue weighted by Gasteiger charge is 2.11. The maximum Gasteiger partial charge on any atom is 0.251 e. The van der Waals surface area contributed by atoms with E-state index < -0.39 is 0 Å². The van der Waals surface area contributed by atoms with Crippen molar-refractivity contribution in [2.24, 2.45) is 0 Å². The Labute approximate surface area is 134 Å². The molecule has 0 radical (unpaired) electrons. The monoisotopic (exact) mass is 429 g/mol. The molecule has 1 N–H and O–H groups in total. The SMILES string of the molecule is CC(NC(=O)c1ccc(I)cc1)c1ccc(Br)cc1. The second-order valence-corrected chi connectivity index (χ2v) is 6.41. The highest BCUT2D eigenvalue weighted by Crippen LogP contribution is 2.17. The lowest BCUT2D eigenvalue weighted by atomic mass is 10.1. The Balaban J connectivity index is 2.06. The molecular weight excluding hydrogens is 417 g/mol. The number of hydrogen-bond acceptors (Lipinski definition) is 1. The van der Waals surface area contributed by atoms with E-state index in [4.69, 9.17) is 0 Å². The zero-order valence-electron chi connectivity index (χ0n) is 10.4. The summed E-state index contributed by atoms with van der Waals surface area (Å²) in [7, 11) is 0. The molecule has 1 unspecified atom stereocenters. The molecule has 0 heterocycles. The smallest absolute Gasteiger partial charge is 0.251 e. The summed E-state index contributed by atoms with van der Waals surface area (Å²) >= 11 is 5.62. The lowest BCUT2D eigenvalue weighted by Gasteiger charge is -2.14. The summed E-state index contributed by atoms with van der Waals surface area (Å²) in [5.74, 6) is -0.0492. The Morgan fingerprint density at radius 3 is 2.26 bits per heavy atom. The van der Waals surface area contributed by atoms with Gasteiger partial charge in [0.25, 0.3) is 5.91 Å². The van der Waals surface area contributed by atoms with Gasteiger partial charge >= 0.3 is 0 Å². The molecule has 0 saturated carbocycles. The van der Waals surface area contributed by atoms with E-state index in [0.29, 0.717) is 5.56 Å². The standard InChI is InChI=1S/C15H13BrINO/c1-10(11-2-6-13(16)7-3-11)18-15(19)12-4-8-14(17)9-5-12/h2-10H,1H3,(H,18,19). The molecule has 1 atom stereocenters. The van der Waals surface area contributed by atoms with Gasteiger partial charge in [0.2, 0.25) is 0 Å². The van der Waals surface area contributed by atoms with Gasteiger partial charge in [0.15, 0.2) is 0 Å². The van der Waals surface area contributed by atoms with Gasteiger partial charge in [-0.05, 0) is 71.5 Å². The van der Waals surface area contributed by atoms with Crippen LogP contribution in [0.1, 0.15) is 28.9 Å². The molecule has 0 aliphatic carbocycles. The number of hydrogen-bond donors (Lipinski definition) is 1. The molecule has 0 fully saturated rings. The highest BCUT2D eigenvalue weighted by atomic mass is 127. The van der Waals surface area contributed by atoms with Crippen molar-refractivity contribution in [3.63, 3.8) is 0 Å². The van der Waals surface area contributed by atoms with Gasteiger partial charge in [0, 0.05) is 13.6 Å². The van der Waals surface area contributed by atoms with Crippen LogP contribution in [-0.2, 0) is 0 Å². The Morgan fingerprint density at radius 1 is 1.11 bits per heavy atom. The predicted molar refractivity (Wildman–Crippen MR) is 89.2 cm³/mol. The van der Waals surface area contributed by atoms with E-state index in [-0.39, 0.29) is 11.9 Å². The van der Waals surface area contributed by atoms with Crippen molar-refractivity contribution in [3.05, 3.63) is 67.7 Å². The van der Waals surface area contributed by atoms with E-state index in [1.807, 2.05) is 55.5 Å². The molecule has 19 heavy (non-hydrogen) atoms. The summed E-state index contributed by atoms with van der Waals surface area (Å²) in [5.41, 5.74) is 1.77. The molecule has 2 rings (SSSR count). The summed E-state index contributed by atoms with van der Waals surface area (Å²) in [6.07, 6.45) is 0. The van der Waals surface area contributed by atoms with Crippen molar-refractivity contribution in [3.8, 4) is 0 Å². The van der Waals surface area contributed by atoms with Crippen LogP contribution in [0.3, 0.4) is 0 Å². The van der Waals surface area contributed by atoms with Crippen LogP contribution < -0.4 is 5.32 Å². The van der Waals surface area contributed by atoms with Crippen molar-refractivity contribution in [1.29, 1.82) is 0 Å². The average Bonchev–Trinajstić information content (AvgIpc) is 2.40. The fraction of sp³-hybridized carbons (Fsp3) is 0.133. The zero-order chi connectivity index (χ0) is 13.8. The van der Waals surface area contributed by atoms with Gasteiger partial charge in [-0.15, -0.1) is 0 Å². The van der Waals surface area contributed by atoms with E-state index >= 15 is 0 Å². The third-order valence-electron chi connectivity index (χ3n) is 2.82. The number of nitrogens with one attached hydrogen (secondary N) is 1. The Kier molecular flexibility index (Phi) is 4.99. The van der Waals surface area contributed by atoms with Crippen LogP contribution in [0.15, 0.2) is 53.0 Å². The summed E-state index contributed by atoms with van der Waals surface area (Å²) in [4.78, 5) is 12.1. The molecule has 4 heteroatoms. The topological polar surface area (TPSA) is 29.1 Å². The minimum atomic E-state index is -0.0492. The van der Waals surface area contributed by atoms with Crippen molar-refractivity contribution in [2.45, 2.75) is 13.0 Å². The Bertz CT molecular complexity index is 566. The summed E-state index contributed by atoms with van der Waals surface area (Å²) in [6.45, 7) is 1.98. The molecule has 2 nitrogen and oxygen atoms in total. The van der Waals surface area contributed by atoms with Crippen molar-refractivity contribution >= 4 is 44.4 Å². The highest BCUT2D eigenvalue weighted by molar-refractivity contribution is 14.1. The van der Waals surface area contributed by atoms with Crippen LogP contribution in [0.25, 0.3) is 0 Å².